The summed E-state index contributed by atoms with van der Waals surface area (Å²) in [5.41, 5.74) is 3.68. The van der Waals surface area contributed by atoms with Crippen molar-refractivity contribution < 1.29 is 9.59 Å². The van der Waals surface area contributed by atoms with Crippen molar-refractivity contribution >= 4 is 17.6 Å². The van der Waals surface area contributed by atoms with Gasteiger partial charge in [0.2, 0.25) is 5.91 Å². The highest BCUT2D eigenvalue weighted by atomic mass is 16.2. The van der Waals surface area contributed by atoms with Crippen LogP contribution in [0.2, 0.25) is 0 Å². The summed E-state index contributed by atoms with van der Waals surface area (Å²) in [6.45, 7) is 9.59. The first-order valence-corrected chi connectivity index (χ1v) is 11.4. The van der Waals surface area contributed by atoms with Crippen molar-refractivity contribution in [2.75, 3.05) is 31.5 Å². The molecule has 1 fully saturated rings. The number of rotatable bonds is 6. The lowest BCUT2D eigenvalue weighted by Crippen LogP contribution is -2.48. The van der Waals surface area contributed by atoms with Crippen molar-refractivity contribution in [3.05, 3.63) is 77.5 Å². The number of carbonyl (C=O) groups is 2. The summed E-state index contributed by atoms with van der Waals surface area (Å²) in [6.07, 6.45) is 0. The van der Waals surface area contributed by atoms with E-state index in [4.69, 9.17) is 0 Å². The predicted molar refractivity (Wildman–Crippen MR) is 129 cm³/mol. The van der Waals surface area contributed by atoms with Crippen molar-refractivity contribution in [2.24, 2.45) is 5.92 Å². The molecule has 0 saturated carbocycles. The highest BCUT2D eigenvalue weighted by Crippen LogP contribution is 2.20. The average molecular weight is 446 g/mol. The van der Waals surface area contributed by atoms with Crippen molar-refractivity contribution in [1.29, 1.82) is 0 Å². The molecule has 1 aliphatic heterocycles. The average Bonchev–Trinajstić information content (AvgIpc) is 3.23. The summed E-state index contributed by atoms with van der Waals surface area (Å²) in [5.74, 6) is 0.0989. The molecular weight excluding hydrogens is 414 g/mol. The maximum atomic E-state index is 13.2. The molecule has 0 radical (unpaired) electrons. The van der Waals surface area contributed by atoms with Gasteiger partial charge < -0.3 is 10.2 Å². The molecule has 1 aromatic heterocycles. The van der Waals surface area contributed by atoms with Gasteiger partial charge in [0.1, 0.15) is 5.82 Å². The fourth-order valence-corrected chi connectivity index (χ4v) is 3.95. The second kappa shape index (κ2) is 10.0. The number of benzene rings is 2. The number of aromatic nitrogens is 2. The maximum Gasteiger partial charge on any atom is 0.274 e. The lowest BCUT2D eigenvalue weighted by molar-refractivity contribution is -0.118. The Kier molecular flexibility index (Phi) is 6.89. The number of piperazine rings is 1. The zero-order valence-electron chi connectivity index (χ0n) is 19.5. The summed E-state index contributed by atoms with van der Waals surface area (Å²) in [7, 11) is 0. The van der Waals surface area contributed by atoms with Crippen LogP contribution >= 0.6 is 0 Å². The van der Waals surface area contributed by atoms with E-state index in [1.165, 1.54) is 11.1 Å². The molecule has 7 nitrogen and oxygen atoms in total. The molecule has 7 heteroatoms. The van der Waals surface area contributed by atoms with E-state index in [0.717, 1.165) is 25.3 Å². The molecule has 4 rings (SSSR count). The lowest BCUT2D eigenvalue weighted by atomic mass is 10.1. The SMILES string of the molecule is Cc1cccc(CN2CCN(C(=O)c3cc(NC(=O)C(C)C)n(-c4ccccc4)n3)CC2)c1. The Morgan fingerprint density at radius 1 is 0.970 bits per heavy atom. The van der Waals surface area contributed by atoms with Gasteiger partial charge in [-0.1, -0.05) is 61.9 Å². The molecule has 172 valence electrons. The molecule has 0 bridgehead atoms. The number of para-hydroxylation sites is 1. The zero-order chi connectivity index (χ0) is 23.4. The van der Waals surface area contributed by atoms with Gasteiger partial charge in [-0.2, -0.15) is 5.10 Å². The minimum absolute atomic E-state index is 0.111. The summed E-state index contributed by atoms with van der Waals surface area (Å²) in [6, 6.07) is 19.7. The number of hydrogen-bond acceptors (Lipinski definition) is 4. The second-order valence-electron chi connectivity index (χ2n) is 8.86. The molecule has 33 heavy (non-hydrogen) atoms. The lowest BCUT2D eigenvalue weighted by Gasteiger charge is -2.34. The molecule has 0 atom stereocenters. The van der Waals surface area contributed by atoms with Crippen LogP contribution < -0.4 is 5.32 Å². The van der Waals surface area contributed by atoms with Gasteiger partial charge in [0.05, 0.1) is 5.69 Å². The van der Waals surface area contributed by atoms with Crippen LogP contribution in [0.15, 0.2) is 60.7 Å². The molecule has 0 aliphatic carbocycles. The van der Waals surface area contributed by atoms with Crippen LogP contribution in [-0.4, -0.2) is 57.6 Å². The standard InChI is InChI=1S/C26H31N5O2/c1-19(2)25(32)27-24-17-23(28-31(24)22-10-5-4-6-11-22)26(33)30-14-12-29(13-15-30)18-21-9-7-8-20(3)16-21/h4-11,16-17,19H,12-15,18H2,1-3H3,(H,27,32). The fourth-order valence-electron chi connectivity index (χ4n) is 3.95. The van der Waals surface area contributed by atoms with E-state index >= 15 is 0 Å². The largest absolute Gasteiger partial charge is 0.335 e. The molecule has 0 spiro atoms. The van der Waals surface area contributed by atoms with Crippen LogP contribution in [0.25, 0.3) is 5.69 Å². The van der Waals surface area contributed by atoms with Gasteiger partial charge in [-0.25, -0.2) is 4.68 Å². The number of amides is 2. The molecule has 2 heterocycles. The third-order valence-electron chi connectivity index (χ3n) is 5.85. The molecule has 1 aliphatic rings. The van der Waals surface area contributed by atoms with Gasteiger partial charge in [0.15, 0.2) is 5.69 Å². The Labute approximate surface area is 195 Å². The van der Waals surface area contributed by atoms with E-state index in [1.807, 2.05) is 49.1 Å². The molecule has 1 saturated heterocycles. The molecule has 3 aromatic rings. The molecule has 2 amide bonds. The summed E-state index contributed by atoms with van der Waals surface area (Å²) >= 11 is 0. The third kappa shape index (κ3) is 5.49. The first-order chi connectivity index (χ1) is 15.9. The summed E-state index contributed by atoms with van der Waals surface area (Å²) in [5, 5.41) is 7.47. The van der Waals surface area contributed by atoms with E-state index in [9.17, 15) is 9.59 Å². The van der Waals surface area contributed by atoms with Crippen LogP contribution in [0, 0.1) is 12.8 Å². The predicted octanol–water partition coefficient (Wildman–Crippen LogP) is 3.73. The second-order valence-corrected chi connectivity index (χ2v) is 8.86. The van der Waals surface area contributed by atoms with Crippen molar-refractivity contribution in [3.63, 3.8) is 0 Å². The van der Waals surface area contributed by atoms with Gasteiger partial charge in [0, 0.05) is 44.7 Å². The van der Waals surface area contributed by atoms with Crippen LogP contribution in [0.1, 0.15) is 35.5 Å². The Bertz CT molecular complexity index is 1110. The number of anilines is 1. The number of nitrogens with zero attached hydrogens (tertiary/aromatic N) is 4. The maximum absolute atomic E-state index is 13.2. The van der Waals surface area contributed by atoms with Gasteiger partial charge in [-0.15, -0.1) is 0 Å². The number of aryl methyl sites for hydroxylation is 1. The highest BCUT2D eigenvalue weighted by Gasteiger charge is 2.26. The van der Waals surface area contributed by atoms with Gasteiger partial charge >= 0.3 is 0 Å². The third-order valence-corrected chi connectivity index (χ3v) is 5.85. The Balaban J connectivity index is 1.47. The van der Waals surface area contributed by atoms with E-state index in [-0.39, 0.29) is 17.7 Å². The van der Waals surface area contributed by atoms with Gasteiger partial charge in [-0.3, -0.25) is 14.5 Å². The van der Waals surface area contributed by atoms with Crippen molar-refractivity contribution in [2.45, 2.75) is 27.3 Å². The first-order valence-electron chi connectivity index (χ1n) is 11.4. The van der Waals surface area contributed by atoms with Crippen LogP contribution in [0.5, 0.6) is 0 Å². The van der Waals surface area contributed by atoms with Crippen LogP contribution in [0.4, 0.5) is 5.82 Å². The van der Waals surface area contributed by atoms with E-state index < -0.39 is 0 Å². The quantitative estimate of drug-likeness (QED) is 0.628. The molecular formula is C26H31N5O2. The van der Waals surface area contributed by atoms with Crippen LogP contribution in [0.3, 0.4) is 0 Å². The number of hydrogen-bond donors (Lipinski definition) is 1. The minimum atomic E-state index is -0.176. The molecule has 2 aromatic carbocycles. The monoisotopic (exact) mass is 445 g/mol. The van der Waals surface area contributed by atoms with Crippen LogP contribution in [-0.2, 0) is 11.3 Å². The number of carbonyl (C=O) groups excluding carboxylic acids is 2. The van der Waals surface area contributed by atoms with E-state index in [2.05, 4.69) is 46.5 Å². The van der Waals surface area contributed by atoms with Crippen molar-refractivity contribution in [3.8, 4) is 5.69 Å². The molecule has 1 N–H and O–H groups in total. The Morgan fingerprint density at radius 2 is 1.70 bits per heavy atom. The summed E-state index contributed by atoms with van der Waals surface area (Å²) < 4.78 is 1.63. The Hall–Kier alpha value is -3.45. The number of nitrogens with one attached hydrogen (secondary N) is 1. The normalized spacial score (nSPS) is 14.5. The van der Waals surface area contributed by atoms with Gasteiger partial charge in [0.25, 0.3) is 5.91 Å². The smallest absolute Gasteiger partial charge is 0.274 e. The topological polar surface area (TPSA) is 70.5 Å². The van der Waals surface area contributed by atoms with Crippen molar-refractivity contribution in [1.82, 2.24) is 19.6 Å². The first kappa shape index (κ1) is 22.7. The summed E-state index contributed by atoms with van der Waals surface area (Å²) in [4.78, 5) is 29.8. The van der Waals surface area contributed by atoms with E-state index in [0.29, 0.717) is 24.6 Å². The molecule has 0 unspecified atom stereocenters. The highest BCUT2D eigenvalue weighted by molar-refractivity contribution is 5.96. The zero-order valence-corrected chi connectivity index (χ0v) is 19.5. The van der Waals surface area contributed by atoms with Gasteiger partial charge in [-0.05, 0) is 24.6 Å². The minimum Gasteiger partial charge on any atom is -0.335 e. The Morgan fingerprint density at radius 3 is 2.36 bits per heavy atom. The van der Waals surface area contributed by atoms with E-state index in [1.54, 1.807) is 10.7 Å². The fraction of sp³-hybridized carbons (Fsp3) is 0.346.